The van der Waals surface area contributed by atoms with Gasteiger partial charge in [0.1, 0.15) is 0 Å². The molecule has 0 bridgehead atoms. The summed E-state index contributed by atoms with van der Waals surface area (Å²) in [6, 6.07) is 0. The summed E-state index contributed by atoms with van der Waals surface area (Å²) in [6.45, 7) is 7.67. The van der Waals surface area contributed by atoms with Crippen molar-refractivity contribution in [3.05, 3.63) is 0 Å². The molecule has 0 spiro atoms. The number of guanidine groups is 1. The summed E-state index contributed by atoms with van der Waals surface area (Å²) in [5.74, 6) is 1.33. The van der Waals surface area contributed by atoms with Crippen LogP contribution in [0.5, 0.6) is 0 Å². The molecule has 1 fully saturated rings. The molecule has 0 aromatic rings. The Kier molecular flexibility index (Phi) is 17.3. The zero-order valence-electron chi connectivity index (χ0n) is 16.3. The highest BCUT2D eigenvalue weighted by molar-refractivity contribution is 14.0. The average molecular weight is 469 g/mol. The normalized spacial score (nSPS) is 17.5. The highest BCUT2D eigenvalue weighted by atomic mass is 127. The van der Waals surface area contributed by atoms with E-state index in [1.165, 1.54) is 38.5 Å². The second-order valence-electron chi connectivity index (χ2n) is 6.80. The van der Waals surface area contributed by atoms with Crippen LogP contribution in [0.3, 0.4) is 0 Å². The summed E-state index contributed by atoms with van der Waals surface area (Å²) in [4.78, 5) is 4.68. The number of nitrogens with zero attached hydrogens (tertiary/aromatic N) is 1. The maximum atomic E-state index is 9.15. The first-order chi connectivity index (χ1) is 11.8. The number of aliphatic hydroxyl groups excluding tert-OH is 1. The minimum absolute atomic E-state index is 0. The van der Waals surface area contributed by atoms with Gasteiger partial charge >= 0.3 is 0 Å². The van der Waals surface area contributed by atoms with Crippen molar-refractivity contribution in [1.82, 2.24) is 10.6 Å². The van der Waals surface area contributed by atoms with Crippen molar-refractivity contribution in [2.75, 3.05) is 32.8 Å². The predicted octanol–water partition coefficient (Wildman–Crippen LogP) is 3.70. The molecule has 25 heavy (non-hydrogen) atoms. The van der Waals surface area contributed by atoms with Gasteiger partial charge in [-0.2, -0.15) is 0 Å². The van der Waals surface area contributed by atoms with E-state index >= 15 is 0 Å². The standard InChI is InChI=1S/C19H39N3O2.HI/c1-3-9-17(12-14-23)16-22-19(20-4-2)21-13-15-24-18-10-7-5-6-8-11-18;/h17-18,23H,3-16H2,1-2H3,(H2,20,21,22);1H. The lowest BCUT2D eigenvalue weighted by Crippen LogP contribution is -2.39. The van der Waals surface area contributed by atoms with Gasteiger partial charge in [0, 0.05) is 26.2 Å². The van der Waals surface area contributed by atoms with Gasteiger partial charge < -0.3 is 20.5 Å². The molecule has 1 atom stereocenters. The molecule has 150 valence electrons. The molecular formula is C19H40IN3O2. The molecule has 0 aliphatic heterocycles. The number of aliphatic imine (C=N–C) groups is 1. The molecule has 0 saturated heterocycles. The molecule has 0 aromatic carbocycles. The van der Waals surface area contributed by atoms with Crippen LogP contribution < -0.4 is 10.6 Å². The summed E-state index contributed by atoms with van der Waals surface area (Å²) >= 11 is 0. The average Bonchev–Trinajstić information content (AvgIpc) is 2.85. The number of hydrogen-bond acceptors (Lipinski definition) is 3. The Hall–Kier alpha value is -0.0800. The molecule has 1 unspecified atom stereocenters. The molecule has 0 aromatic heterocycles. The van der Waals surface area contributed by atoms with Gasteiger partial charge in [0.05, 0.1) is 12.7 Å². The summed E-state index contributed by atoms with van der Waals surface area (Å²) in [5, 5.41) is 15.8. The fourth-order valence-electron chi connectivity index (χ4n) is 3.28. The Morgan fingerprint density at radius 1 is 1.12 bits per heavy atom. The monoisotopic (exact) mass is 469 g/mol. The molecule has 6 heteroatoms. The molecule has 5 nitrogen and oxygen atoms in total. The minimum Gasteiger partial charge on any atom is -0.396 e. The highest BCUT2D eigenvalue weighted by Gasteiger charge is 2.12. The summed E-state index contributed by atoms with van der Waals surface area (Å²) in [5.41, 5.74) is 0. The van der Waals surface area contributed by atoms with Crippen molar-refractivity contribution in [2.24, 2.45) is 10.9 Å². The largest absolute Gasteiger partial charge is 0.396 e. The Morgan fingerprint density at radius 2 is 1.84 bits per heavy atom. The first kappa shape index (κ1) is 24.9. The van der Waals surface area contributed by atoms with Crippen LogP contribution in [0, 0.1) is 5.92 Å². The quantitative estimate of drug-likeness (QED) is 0.142. The van der Waals surface area contributed by atoms with Crippen molar-refractivity contribution in [3.8, 4) is 0 Å². The lowest BCUT2D eigenvalue weighted by molar-refractivity contribution is 0.0468. The van der Waals surface area contributed by atoms with E-state index < -0.39 is 0 Å². The van der Waals surface area contributed by atoms with Gasteiger partial charge in [-0.15, -0.1) is 24.0 Å². The van der Waals surface area contributed by atoms with Crippen LogP contribution >= 0.6 is 24.0 Å². The van der Waals surface area contributed by atoms with E-state index in [0.717, 1.165) is 51.5 Å². The molecular weight excluding hydrogens is 429 g/mol. The van der Waals surface area contributed by atoms with E-state index in [2.05, 4.69) is 29.5 Å². The lowest BCUT2D eigenvalue weighted by atomic mass is 10.0. The molecule has 1 aliphatic carbocycles. The molecule has 1 saturated carbocycles. The van der Waals surface area contributed by atoms with Crippen LogP contribution in [-0.4, -0.2) is 50.0 Å². The second kappa shape index (κ2) is 17.3. The number of nitrogens with one attached hydrogen (secondary N) is 2. The third-order valence-electron chi connectivity index (χ3n) is 4.64. The molecule has 3 N–H and O–H groups in total. The predicted molar refractivity (Wildman–Crippen MR) is 117 cm³/mol. The summed E-state index contributed by atoms with van der Waals surface area (Å²) in [6.07, 6.45) is 11.3. The van der Waals surface area contributed by atoms with Crippen LogP contribution in [-0.2, 0) is 4.74 Å². The number of halogens is 1. The minimum atomic E-state index is 0. The van der Waals surface area contributed by atoms with E-state index in [9.17, 15) is 0 Å². The maximum absolute atomic E-state index is 9.15. The molecule has 1 aliphatic rings. The molecule has 0 amide bonds. The summed E-state index contributed by atoms with van der Waals surface area (Å²) < 4.78 is 6.02. The van der Waals surface area contributed by atoms with E-state index in [1.54, 1.807) is 0 Å². The number of hydrogen-bond donors (Lipinski definition) is 3. The number of aliphatic hydroxyl groups is 1. The fraction of sp³-hybridized carbons (Fsp3) is 0.947. The highest BCUT2D eigenvalue weighted by Crippen LogP contribution is 2.19. The topological polar surface area (TPSA) is 65.9 Å². The van der Waals surface area contributed by atoms with Crippen LogP contribution in [0.1, 0.15) is 71.6 Å². The van der Waals surface area contributed by atoms with Crippen LogP contribution in [0.15, 0.2) is 4.99 Å². The van der Waals surface area contributed by atoms with Crippen molar-refractivity contribution in [2.45, 2.75) is 77.7 Å². The van der Waals surface area contributed by atoms with E-state index in [0.29, 0.717) is 12.0 Å². The first-order valence-corrected chi connectivity index (χ1v) is 10.0. The van der Waals surface area contributed by atoms with Gasteiger partial charge in [0.15, 0.2) is 5.96 Å². The Balaban J connectivity index is 0.00000576. The van der Waals surface area contributed by atoms with E-state index in [-0.39, 0.29) is 30.6 Å². The Labute approximate surface area is 171 Å². The van der Waals surface area contributed by atoms with Crippen LogP contribution in [0.25, 0.3) is 0 Å². The molecule has 0 heterocycles. The van der Waals surface area contributed by atoms with Crippen molar-refractivity contribution in [1.29, 1.82) is 0 Å². The Morgan fingerprint density at radius 3 is 2.44 bits per heavy atom. The zero-order chi connectivity index (χ0) is 17.5. The number of ether oxygens (including phenoxy) is 1. The van der Waals surface area contributed by atoms with E-state index in [1.807, 2.05) is 0 Å². The van der Waals surface area contributed by atoms with Crippen molar-refractivity contribution < 1.29 is 9.84 Å². The maximum Gasteiger partial charge on any atom is 0.191 e. The fourth-order valence-corrected chi connectivity index (χ4v) is 3.28. The van der Waals surface area contributed by atoms with Crippen LogP contribution in [0.2, 0.25) is 0 Å². The van der Waals surface area contributed by atoms with Gasteiger partial charge in [-0.05, 0) is 38.5 Å². The van der Waals surface area contributed by atoms with Gasteiger partial charge in [-0.3, -0.25) is 4.99 Å². The molecule has 1 rings (SSSR count). The summed E-state index contributed by atoms with van der Waals surface area (Å²) in [7, 11) is 0. The van der Waals surface area contributed by atoms with E-state index in [4.69, 9.17) is 9.84 Å². The van der Waals surface area contributed by atoms with Gasteiger partial charge in [0.2, 0.25) is 0 Å². The third-order valence-corrected chi connectivity index (χ3v) is 4.64. The van der Waals surface area contributed by atoms with Crippen LogP contribution in [0.4, 0.5) is 0 Å². The van der Waals surface area contributed by atoms with Crippen molar-refractivity contribution >= 4 is 29.9 Å². The zero-order valence-corrected chi connectivity index (χ0v) is 18.6. The Bertz CT molecular complexity index is 316. The lowest BCUT2D eigenvalue weighted by Gasteiger charge is -2.17. The number of rotatable bonds is 11. The van der Waals surface area contributed by atoms with Gasteiger partial charge in [-0.25, -0.2) is 0 Å². The smallest absolute Gasteiger partial charge is 0.191 e. The van der Waals surface area contributed by atoms with Gasteiger partial charge in [-0.1, -0.05) is 39.0 Å². The molecule has 0 radical (unpaired) electrons. The van der Waals surface area contributed by atoms with Gasteiger partial charge in [0.25, 0.3) is 0 Å². The van der Waals surface area contributed by atoms with Crippen molar-refractivity contribution in [3.63, 3.8) is 0 Å². The third kappa shape index (κ3) is 12.8. The SMILES string of the molecule is CCCC(CCO)CN=C(NCC)NCCOC1CCCCCC1.I. The second-order valence-corrected chi connectivity index (χ2v) is 6.80. The first-order valence-electron chi connectivity index (χ1n) is 10.0.